The van der Waals surface area contributed by atoms with Crippen LogP contribution in [0.5, 0.6) is 23.0 Å². The van der Waals surface area contributed by atoms with Gasteiger partial charge in [0.05, 0.1) is 14.2 Å². The standard InChI is InChI=1S/C17H20O3/c1-4-5-13-6-11-16(17(12-13)19-3)20-15-9-7-14(18-2)8-10-15/h6-12H,4-5H2,1-3H3. The Balaban J connectivity index is 2.18. The van der Waals surface area contributed by atoms with Crippen LogP contribution < -0.4 is 14.2 Å². The van der Waals surface area contributed by atoms with E-state index >= 15 is 0 Å². The van der Waals surface area contributed by atoms with Crippen LogP contribution in [0.25, 0.3) is 0 Å². The summed E-state index contributed by atoms with van der Waals surface area (Å²) < 4.78 is 16.4. The molecule has 0 aromatic heterocycles. The van der Waals surface area contributed by atoms with Crippen LogP contribution >= 0.6 is 0 Å². The van der Waals surface area contributed by atoms with E-state index in [0.29, 0.717) is 0 Å². The fourth-order valence-corrected chi connectivity index (χ4v) is 2.01. The van der Waals surface area contributed by atoms with E-state index in [2.05, 4.69) is 13.0 Å². The molecule has 0 fully saturated rings. The van der Waals surface area contributed by atoms with Crippen LogP contribution in [0.4, 0.5) is 0 Å². The van der Waals surface area contributed by atoms with E-state index in [1.165, 1.54) is 5.56 Å². The van der Waals surface area contributed by atoms with Crippen molar-refractivity contribution < 1.29 is 14.2 Å². The van der Waals surface area contributed by atoms with Crippen LogP contribution in [-0.2, 0) is 6.42 Å². The molecule has 0 aliphatic rings. The third kappa shape index (κ3) is 3.44. The number of aryl methyl sites for hydroxylation is 1. The van der Waals surface area contributed by atoms with Crippen LogP contribution in [0, 0.1) is 0 Å². The maximum atomic E-state index is 5.85. The van der Waals surface area contributed by atoms with Gasteiger partial charge in [0.2, 0.25) is 0 Å². The Morgan fingerprint density at radius 3 is 2.10 bits per heavy atom. The van der Waals surface area contributed by atoms with E-state index in [-0.39, 0.29) is 0 Å². The van der Waals surface area contributed by atoms with Crippen molar-refractivity contribution in [1.82, 2.24) is 0 Å². The summed E-state index contributed by atoms with van der Waals surface area (Å²) in [5.74, 6) is 3.04. The molecule has 0 saturated carbocycles. The van der Waals surface area contributed by atoms with E-state index in [0.717, 1.165) is 35.8 Å². The van der Waals surface area contributed by atoms with Gasteiger partial charge in [-0.05, 0) is 48.4 Å². The third-order valence-corrected chi connectivity index (χ3v) is 3.05. The summed E-state index contributed by atoms with van der Waals surface area (Å²) in [7, 11) is 3.30. The monoisotopic (exact) mass is 272 g/mol. The van der Waals surface area contributed by atoms with Crippen molar-refractivity contribution in [3.8, 4) is 23.0 Å². The van der Waals surface area contributed by atoms with Gasteiger partial charge in [0.25, 0.3) is 0 Å². The molecule has 20 heavy (non-hydrogen) atoms. The maximum Gasteiger partial charge on any atom is 0.169 e. The molecule has 3 nitrogen and oxygen atoms in total. The lowest BCUT2D eigenvalue weighted by Crippen LogP contribution is -1.93. The lowest BCUT2D eigenvalue weighted by molar-refractivity contribution is 0.377. The van der Waals surface area contributed by atoms with E-state index in [4.69, 9.17) is 14.2 Å². The number of ether oxygens (including phenoxy) is 3. The molecule has 0 amide bonds. The number of methoxy groups -OCH3 is 2. The smallest absolute Gasteiger partial charge is 0.169 e. The summed E-state index contributed by atoms with van der Waals surface area (Å²) in [5.41, 5.74) is 1.26. The van der Waals surface area contributed by atoms with Crippen molar-refractivity contribution in [2.75, 3.05) is 14.2 Å². The molecular formula is C17H20O3. The maximum absolute atomic E-state index is 5.85. The summed E-state index contributed by atoms with van der Waals surface area (Å²) in [6.45, 7) is 2.16. The van der Waals surface area contributed by atoms with Crippen molar-refractivity contribution in [3.63, 3.8) is 0 Å². The zero-order chi connectivity index (χ0) is 14.4. The summed E-state index contributed by atoms with van der Waals surface area (Å²) >= 11 is 0. The Labute approximate surface area is 120 Å². The summed E-state index contributed by atoms with van der Waals surface area (Å²) in [5, 5.41) is 0. The molecule has 106 valence electrons. The molecule has 0 aliphatic heterocycles. The Bertz CT molecular complexity index is 547. The van der Waals surface area contributed by atoms with Gasteiger partial charge in [-0.2, -0.15) is 0 Å². The van der Waals surface area contributed by atoms with Gasteiger partial charge < -0.3 is 14.2 Å². The number of hydrogen-bond donors (Lipinski definition) is 0. The van der Waals surface area contributed by atoms with Crippen LogP contribution in [-0.4, -0.2) is 14.2 Å². The topological polar surface area (TPSA) is 27.7 Å². The number of rotatable bonds is 6. The van der Waals surface area contributed by atoms with Crippen molar-refractivity contribution in [3.05, 3.63) is 48.0 Å². The van der Waals surface area contributed by atoms with Crippen LogP contribution in [0.3, 0.4) is 0 Å². The molecule has 0 radical (unpaired) electrons. The van der Waals surface area contributed by atoms with Gasteiger partial charge in [-0.3, -0.25) is 0 Å². The fourth-order valence-electron chi connectivity index (χ4n) is 2.01. The van der Waals surface area contributed by atoms with E-state index < -0.39 is 0 Å². The molecule has 0 N–H and O–H groups in total. The molecule has 3 heteroatoms. The highest BCUT2D eigenvalue weighted by atomic mass is 16.5. The zero-order valence-corrected chi connectivity index (χ0v) is 12.2. The van der Waals surface area contributed by atoms with E-state index in [1.807, 2.05) is 36.4 Å². The first kappa shape index (κ1) is 14.3. The lowest BCUT2D eigenvalue weighted by Gasteiger charge is -2.12. The van der Waals surface area contributed by atoms with Gasteiger partial charge in [-0.1, -0.05) is 19.4 Å². The highest BCUT2D eigenvalue weighted by Crippen LogP contribution is 2.33. The molecule has 2 aromatic carbocycles. The largest absolute Gasteiger partial charge is 0.497 e. The zero-order valence-electron chi connectivity index (χ0n) is 12.2. The molecule has 0 saturated heterocycles. The minimum atomic E-state index is 0.720. The highest BCUT2D eigenvalue weighted by Gasteiger charge is 2.07. The molecule has 0 heterocycles. The second-order valence-corrected chi connectivity index (χ2v) is 4.51. The predicted molar refractivity (Wildman–Crippen MR) is 80.1 cm³/mol. The van der Waals surface area contributed by atoms with E-state index in [9.17, 15) is 0 Å². The van der Waals surface area contributed by atoms with Gasteiger partial charge in [0.1, 0.15) is 11.5 Å². The van der Waals surface area contributed by atoms with E-state index in [1.54, 1.807) is 14.2 Å². The highest BCUT2D eigenvalue weighted by molar-refractivity contribution is 5.46. The SMILES string of the molecule is CCCc1ccc(Oc2ccc(OC)cc2)c(OC)c1. The Morgan fingerprint density at radius 1 is 0.800 bits per heavy atom. The second-order valence-electron chi connectivity index (χ2n) is 4.51. The van der Waals surface area contributed by atoms with Crippen LogP contribution in [0.2, 0.25) is 0 Å². The van der Waals surface area contributed by atoms with Crippen LogP contribution in [0.1, 0.15) is 18.9 Å². The summed E-state index contributed by atoms with van der Waals surface area (Å²) in [6, 6.07) is 13.5. The first-order valence-electron chi connectivity index (χ1n) is 6.75. The van der Waals surface area contributed by atoms with Gasteiger partial charge >= 0.3 is 0 Å². The first-order chi connectivity index (χ1) is 9.76. The fraction of sp³-hybridized carbons (Fsp3) is 0.294. The molecule has 0 atom stereocenters. The van der Waals surface area contributed by atoms with Gasteiger partial charge in [-0.25, -0.2) is 0 Å². The quantitative estimate of drug-likeness (QED) is 0.777. The van der Waals surface area contributed by atoms with Gasteiger partial charge in [0.15, 0.2) is 11.5 Å². The Morgan fingerprint density at radius 2 is 1.50 bits per heavy atom. The molecule has 0 bridgehead atoms. The van der Waals surface area contributed by atoms with Gasteiger partial charge in [0, 0.05) is 0 Å². The minimum absolute atomic E-state index is 0.720. The predicted octanol–water partition coefficient (Wildman–Crippen LogP) is 4.45. The molecule has 0 unspecified atom stereocenters. The molecule has 0 spiro atoms. The Hall–Kier alpha value is -2.16. The minimum Gasteiger partial charge on any atom is -0.497 e. The lowest BCUT2D eigenvalue weighted by atomic mass is 10.1. The van der Waals surface area contributed by atoms with Crippen molar-refractivity contribution in [2.24, 2.45) is 0 Å². The third-order valence-electron chi connectivity index (χ3n) is 3.05. The first-order valence-corrected chi connectivity index (χ1v) is 6.75. The average molecular weight is 272 g/mol. The van der Waals surface area contributed by atoms with Crippen molar-refractivity contribution >= 4 is 0 Å². The normalized spacial score (nSPS) is 10.2. The molecule has 2 rings (SSSR count). The summed E-state index contributed by atoms with van der Waals surface area (Å²) in [6.07, 6.45) is 2.15. The average Bonchev–Trinajstić information content (AvgIpc) is 2.50. The van der Waals surface area contributed by atoms with Crippen LogP contribution in [0.15, 0.2) is 42.5 Å². The molecular weight excluding hydrogens is 252 g/mol. The van der Waals surface area contributed by atoms with Crippen molar-refractivity contribution in [2.45, 2.75) is 19.8 Å². The van der Waals surface area contributed by atoms with Crippen molar-refractivity contribution in [1.29, 1.82) is 0 Å². The Kier molecular flexibility index (Phi) is 4.88. The number of hydrogen-bond acceptors (Lipinski definition) is 3. The molecule has 2 aromatic rings. The summed E-state index contributed by atoms with van der Waals surface area (Å²) in [4.78, 5) is 0. The molecule has 0 aliphatic carbocycles. The number of benzene rings is 2. The van der Waals surface area contributed by atoms with Gasteiger partial charge in [-0.15, -0.1) is 0 Å². The second kappa shape index (κ2) is 6.85.